The number of piperazine rings is 1. The van der Waals surface area contributed by atoms with E-state index < -0.39 is 0 Å². The summed E-state index contributed by atoms with van der Waals surface area (Å²) in [5.41, 5.74) is 2.37. The summed E-state index contributed by atoms with van der Waals surface area (Å²) in [6.07, 6.45) is 0. The first-order valence-electron chi connectivity index (χ1n) is 5.99. The van der Waals surface area contributed by atoms with E-state index in [4.69, 9.17) is 11.6 Å². The van der Waals surface area contributed by atoms with Gasteiger partial charge >= 0.3 is 0 Å². The highest BCUT2D eigenvalue weighted by Gasteiger charge is 2.23. The van der Waals surface area contributed by atoms with Gasteiger partial charge in [0.25, 0.3) is 0 Å². The highest BCUT2D eigenvalue weighted by atomic mass is 35.5. The molecule has 1 aromatic heterocycles. The van der Waals surface area contributed by atoms with E-state index in [1.54, 1.807) is 0 Å². The van der Waals surface area contributed by atoms with Crippen LogP contribution in [0.3, 0.4) is 0 Å². The van der Waals surface area contributed by atoms with Crippen molar-refractivity contribution in [3.8, 4) is 0 Å². The first-order chi connectivity index (χ1) is 8.24. The Kier molecular flexibility index (Phi) is 2.82. The Morgan fingerprint density at radius 2 is 2.00 bits per heavy atom. The number of hydrogen-bond donors (Lipinski definition) is 3. The molecule has 2 atom stereocenters. The Bertz CT molecular complexity index is 534. The van der Waals surface area contributed by atoms with E-state index in [-0.39, 0.29) is 0 Å². The van der Waals surface area contributed by atoms with Crippen LogP contribution in [0, 0.1) is 0 Å². The molecule has 4 heteroatoms. The number of aromatic amines is 1. The van der Waals surface area contributed by atoms with Gasteiger partial charge in [0.15, 0.2) is 0 Å². The molecule has 2 heterocycles. The van der Waals surface area contributed by atoms with Gasteiger partial charge in [0, 0.05) is 40.8 Å². The number of nitrogens with one attached hydrogen (secondary N) is 3. The third-order valence-electron chi connectivity index (χ3n) is 3.39. The van der Waals surface area contributed by atoms with Crippen molar-refractivity contribution in [3.63, 3.8) is 0 Å². The third-order valence-corrected chi connectivity index (χ3v) is 3.63. The maximum Gasteiger partial charge on any atom is 0.0626 e. The minimum absolute atomic E-state index is 0.343. The van der Waals surface area contributed by atoms with Crippen LogP contribution in [0.25, 0.3) is 10.9 Å². The van der Waals surface area contributed by atoms with Crippen LogP contribution in [0.5, 0.6) is 0 Å². The first-order valence-corrected chi connectivity index (χ1v) is 6.37. The molecule has 0 aliphatic carbocycles. The molecule has 0 spiro atoms. The smallest absolute Gasteiger partial charge is 0.0626 e. The van der Waals surface area contributed by atoms with E-state index in [0.717, 1.165) is 23.6 Å². The van der Waals surface area contributed by atoms with Crippen molar-refractivity contribution in [2.45, 2.75) is 19.0 Å². The molecule has 1 aromatic carbocycles. The van der Waals surface area contributed by atoms with Gasteiger partial charge in [-0.1, -0.05) is 11.6 Å². The first kappa shape index (κ1) is 11.1. The predicted molar refractivity (Wildman–Crippen MR) is 71.5 cm³/mol. The van der Waals surface area contributed by atoms with Gasteiger partial charge in [-0.05, 0) is 31.2 Å². The molecular formula is C13H16ClN3. The highest BCUT2D eigenvalue weighted by Crippen LogP contribution is 2.25. The number of rotatable bonds is 1. The van der Waals surface area contributed by atoms with Crippen molar-refractivity contribution in [1.29, 1.82) is 0 Å². The van der Waals surface area contributed by atoms with Crippen LogP contribution in [-0.2, 0) is 0 Å². The molecule has 2 aromatic rings. The van der Waals surface area contributed by atoms with Crippen LogP contribution < -0.4 is 10.6 Å². The topological polar surface area (TPSA) is 39.8 Å². The number of halogens is 1. The Hall–Kier alpha value is -1.03. The molecule has 1 aliphatic heterocycles. The average Bonchev–Trinajstić information content (AvgIpc) is 2.72. The summed E-state index contributed by atoms with van der Waals surface area (Å²) in [6.45, 7) is 4.24. The van der Waals surface area contributed by atoms with E-state index >= 15 is 0 Å². The van der Waals surface area contributed by atoms with Gasteiger partial charge in [0.2, 0.25) is 0 Å². The fourth-order valence-corrected chi connectivity index (χ4v) is 2.68. The van der Waals surface area contributed by atoms with Gasteiger partial charge in [-0.2, -0.15) is 0 Å². The summed E-state index contributed by atoms with van der Waals surface area (Å²) < 4.78 is 0. The Labute approximate surface area is 106 Å². The highest BCUT2D eigenvalue weighted by molar-refractivity contribution is 6.31. The number of aromatic nitrogens is 1. The van der Waals surface area contributed by atoms with Crippen molar-refractivity contribution >= 4 is 22.5 Å². The van der Waals surface area contributed by atoms with Crippen molar-refractivity contribution in [1.82, 2.24) is 15.6 Å². The normalized spacial score (nSPS) is 25.3. The second-order valence-electron chi connectivity index (χ2n) is 4.63. The molecule has 1 fully saturated rings. The second kappa shape index (κ2) is 4.33. The minimum atomic E-state index is 0.343. The summed E-state index contributed by atoms with van der Waals surface area (Å²) in [7, 11) is 0. The van der Waals surface area contributed by atoms with Crippen molar-refractivity contribution in [2.75, 3.05) is 13.1 Å². The molecule has 0 bridgehead atoms. The lowest BCUT2D eigenvalue weighted by molar-refractivity contribution is 0.341. The predicted octanol–water partition coefficient (Wildman–Crippen LogP) is 2.44. The SMILES string of the molecule is C[C@@H]1NCCNC1c1cc2cc(Cl)ccc2[nH]1. The molecule has 1 saturated heterocycles. The summed E-state index contributed by atoms with van der Waals surface area (Å²) >= 11 is 6.00. The molecule has 17 heavy (non-hydrogen) atoms. The van der Waals surface area contributed by atoms with Crippen molar-refractivity contribution in [3.05, 3.63) is 35.0 Å². The number of benzene rings is 1. The van der Waals surface area contributed by atoms with E-state index in [9.17, 15) is 0 Å². The number of H-pyrrole nitrogens is 1. The van der Waals surface area contributed by atoms with Crippen molar-refractivity contribution in [2.24, 2.45) is 0 Å². The lowest BCUT2D eigenvalue weighted by atomic mass is 10.0. The standard InChI is InChI=1S/C13H16ClN3/c1-8-13(16-5-4-15-8)12-7-9-6-10(14)2-3-11(9)17-12/h2-3,6-8,13,15-17H,4-5H2,1H3/t8-,13?/m0/s1. The number of hydrogen-bond acceptors (Lipinski definition) is 2. The molecule has 90 valence electrons. The Morgan fingerprint density at radius 3 is 2.82 bits per heavy atom. The Balaban J connectivity index is 1.99. The lowest BCUT2D eigenvalue weighted by Crippen LogP contribution is -2.49. The average molecular weight is 250 g/mol. The van der Waals surface area contributed by atoms with Crippen LogP contribution >= 0.6 is 11.6 Å². The molecule has 0 saturated carbocycles. The fraction of sp³-hybridized carbons (Fsp3) is 0.385. The fourth-order valence-electron chi connectivity index (χ4n) is 2.49. The zero-order valence-electron chi connectivity index (χ0n) is 9.76. The van der Waals surface area contributed by atoms with E-state index in [1.165, 1.54) is 11.1 Å². The van der Waals surface area contributed by atoms with E-state index in [2.05, 4.69) is 28.6 Å². The van der Waals surface area contributed by atoms with Crippen LogP contribution in [-0.4, -0.2) is 24.1 Å². The third kappa shape index (κ3) is 2.06. The van der Waals surface area contributed by atoms with E-state index in [1.807, 2.05) is 18.2 Å². The van der Waals surface area contributed by atoms with Crippen LogP contribution in [0.15, 0.2) is 24.3 Å². The molecule has 1 aliphatic rings. The quantitative estimate of drug-likeness (QED) is 0.727. The van der Waals surface area contributed by atoms with Gasteiger partial charge in [-0.25, -0.2) is 0 Å². The summed E-state index contributed by atoms with van der Waals surface area (Å²) in [6, 6.07) is 8.91. The maximum absolute atomic E-state index is 6.00. The van der Waals surface area contributed by atoms with Crippen molar-refractivity contribution < 1.29 is 0 Å². The van der Waals surface area contributed by atoms with Gasteiger partial charge in [0.05, 0.1) is 6.04 Å². The molecule has 0 radical (unpaired) electrons. The molecule has 0 amide bonds. The zero-order chi connectivity index (χ0) is 11.8. The lowest BCUT2D eigenvalue weighted by Gasteiger charge is -2.30. The van der Waals surface area contributed by atoms with Crippen LogP contribution in [0.1, 0.15) is 18.7 Å². The van der Waals surface area contributed by atoms with Gasteiger partial charge in [-0.15, -0.1) is 0 Å². The molecule has 1 unspecified atom stereocenters. The largest absolute Gasteiger partial charge is 0.357 e. The molecule has 3 N–H and O–H groups in total. The number of fused-ring (bicyclic) bond motifs is 1. The van der Waals surface area contributed by atoms with Gasteiger partial charge in [-0.3, -0.25) is 0 Å². The molecular weight excluding hydrogens is 234 g/mol. The molecule has 3 nitrogen and oxygen atoms in total. The maximum atomic E-state index is 6.00. The second-order valence-corrected chi connectivity index (χ2v) is 5.07. The summed E-state index contributed by atoms with van der Waals surface area (Å²) in [5, 5.41) is 8.97. The zero-order valence-corrected chi connectivity index (χ0v) is 10.5. The van der Waals surface area contributed by atoms with Crippen LogP contribution in [0.4, 0.5) is 0 Å². The Morgan fingerprint density at radius 1 is 1.18 bits per heavy atom. The van der Waals surface area contributed by atoms with Gasteiger partial charge in [0.1, 0.15) is 0 Å². The van der Waals surface area contributed by atoms with E-state index in [0.29, 0.717) is 12.1 Å². The summed E-state index contributed by atoms with van der Waals surface area (Å²) in [5.74, 6) is 0. The monoisotopic (exact) mass is 249 g/mol. The van der Waals surface area contributed by atoms with Gasteiger partial charge < -0.3 is 15.6 Å². The molecule has 3 rings (SSSR count). The van der Waals surface area contributed by atoms with Crippen LogP contribution in [0.2, 0.25) is 5.02 Å². The summed E-state index contributed by atoms with van der Waals surface area (Å²) in [4.78, 5) is 3.46. The minimum Gasteiger partial charge on any atom is -0.357 e.